The molecule has 0 unspecified atom stereocenters. The van der Waals surface area contributed by atoms with E-state index < -0.39 is 0 Å². The van der Waals surface area contributed by atoms with Crippen LogP contribution in [-0.4, -0.2) is 0 Å². The van der Waals surface area contributed by atoms with Crippen molar-refractivity contribution >= 4 is 32.7 Å². The number of furan rings is 1. The number of rotatable bonds is 1. The standard InChI is InChI=1S/C34H30NO/c1-19-17-27-23-12-8-10-14-29(23)36-33(27)30(21(19)3)32-25-16-15-24-22-11-7-9-13-28(22)34(4,5)31(24)26(25)18-20(2)35(32)6/h7-18H,1-6H3/q+1. The van der Waals surface area contributed by atoms with E-state index in [1.165, 1.54) is 71.9 Å². The van der Waals surface area contributed by atoms with E-state index in [1.807, 2.05) is 0 Å². The number of hydrogen-bond donors (Lipinski definition) is 0. The zero-order valence-corrected chi connectivity index (χ0v) is 21.8. The molecule has 6 aromatic rings. The number of hydrogen-bond acceptors (Lipinski definition) is 1. The summed E-state index contributed by atoms with van der Waals surface area (Å²) in [5, 5.41) is 4.98. The summed E-state index contributed by atoms with van der Waals surface area (Å²) in [5.74, 6) is 0. The SMILES string of the molecule is Cc1cc2c(oc3ccccc32)c(-c2c3ccc4c(c3cc(C)[n+]2C)C(C)(C)c2ccccc2-4)c1C. The van der Waals surface area contributed by atoms with Crippen molar-refractivity contribution < 1.29 is 8.98 Å². The number of para-hydroxylation sites is 1. The van der Waals surface area contributed by atoms with Gasteiger partial charge in [0.15, 0.2) is 5.69 Å². The van der Waals surface area contributed by atoms with Gasteiger partial charge in [-0.25, -0.2) is 0 Å². The van der Waals surface area contributed by atoms with Crippen molar-refractivity contribution in [3.63, 3.8) is 0 Å². The summed E-state index contributed by atoms with van der Waals surface area (Å²) in [6.07, 6.45) is 0. The summed E-state index contributed by atoms with van der Waals surface area (Å²) >= 11 is 0. The summed E-state index contributed by atoms with van der Waals surface area (Å²) in [6, 6.07) is 26.6. The van der Waals surface area contributed by atoms with Crippen LogP contribution in [0.25, 0.3) is 55.1 Å². The van der Waals surface area contributed by atoms with Crippen molar-refractivity contribution in [2.45, 2.75) is 40.0 Å². The highest BCUT2D eigenvalue weighted by molar-refractivity contribution is 6.13. The second kappa shape index (κ2) is 7.07. The van der Waals surface area contributed by atoms with Gasteiger partial charge in [0.2, 0.25) is 5.69 Å². The Balaban J connectivity index is 1.66. The van der Waals surface area contributed by atoms with Crippen LogP contribution < -0.4 is 4.57 Å². The lowest BCUT2D eigenvalue weighted by Gasteiger charge is -2.23. The van der Waals surface area contributed by atoms with Crippen molar-refractivity contribution in [2.24, 2.45) is 7.05 Å². The molecule has 0 saturated heterocycles. The topological polar surface area (TPSA) is 17.0 Å². The summed E-state index contributed by atoms with van der Waals surface area (Å²) in [6.45, 7) is 11.4. The van der Waals surface area contributed by atoms with E-state index in [4.69, 9.17) is 4.42 Å². The molecule has 0 aliphatic heterocycles. The predicted octanol–water partition coefficient (Wildman–Crippen LogP) is 8.46. The first-order chi connectivity index (χ1) is 17.3. The largest absolute Gasteiger partial charge is 0.455 e. The number of aromatic nitrogens is 1. The molecule has 0 radical (unpaired) electrons. The van der Waals surface area contributed by atoms with Gasteiger partial charge in [-0.15, -0.1) is 0 Å². The van der Waals surface area contributed by atoms with E-state index in [2.05, 4.69) is 119 Å². The molecule has 0 spiro atoms. The minimum atomic E-state index is -0.0641. The smallest absolute Gasteiger partial charge is 0.224 e. The van der Waals surface area contributed by atoms with Crippen LogP contribution in [0.5, 0.6) is 0 Å². The van der Waals surface area contributed by atoms with Crippen molar-refractivity contribution in [1.82, 2.24) is 0 Å². The maximum Gasteiger partial charge on any atom is 0.224 e. The highest BCUT2D eigenvalue weighted by Gasteiger charge is 2.38. The van der Waals surface area contributed by atoms with Gasteiger partial charge in [0.1, 0.15) is 18.2 Å². The molecule has 0 N–H and O–H groups in total. The Morgan fingerprint density at radius 1 is 0.722 bits per heavy atom. The van der Waals surface area contributed by atoms with E-state index >= 15 is 0 Å². The van der Waals surface area contributed by atoms with Gasteiger partial charge < -0.3 is 4.42 Å². The fourth-order valence-corrected chi connectivity index (χ4v) is 6.61. The second-order valence-corrected chi connectivity index (χ2v) is 11.0. The third kappa shape index (κ3) is 2.59. The molecule has 4 aromatic carbocycles. The molecule has 2 heterocycles. The van der Waals surface area contributed by atoms with E-state index in [1.54, 1.807) is 0 Å². The molecular weight excluding hydrogens is 438 g/mol. The lowest BCUT2D eigenvalue weighted by atomic mass is 9.79. The van der Waals surface area contributed by atoms with Crippen LogP contribution >= 0.6 is 0 Å². The van der Waals surface area contributed by atoms with Crippen molar-refractivity contribution in [1.29, 1.82) is 0 Å². The predicted molar refractivity (Wildman–Crippen MR) is 150 cm³/mol. The molecule has 7 rings (SSSR count). The second-order valence-electron chi connectivity index (χ2n) is 11.0. The van der Waals surface area contributed by atoms with Crippen LogP contribution in [0.4, 0.5) is 0 Å². The molecule has 0 amide bonds. The van der Waals surface area contributed by atoms with E-state index in [-0.39, 0.29) is 5.41 Å². The first-order valence-electron chi connectivity index (χ1n) is 12.8. The fraction of sp³-hybridized carbons (Fsp3) is 0.206. The average molecular weight is 469 g/mol. The minimum Gasteiger partial charge on any atom is -0.455 e. The highest BCUT2D eigenvalue weighted by Crippen LogP contribution is 2.52. The van der Waals surface area contributed by atoms with Crippen LogP contribution in [0.1, 0.15) is 41.8 Å². The Labute approximate surface area is 211 Å². The molecule has 0 saturated carbocycles. The van der Waals surface area contributed by atoms with Crippen LogP contribution in [0.2, 0.25) is 0 Å². The molecule has 0 bridgehead atoms. The van der Waals surface area contributed by atoms with Gasteiger partial charge in [0, 0.05) is 29.2 Å². The van der Waals surface area contributed by atoms with E-state index in [0.717, 1.165) is 11.2 Å². The molecular formula is C34H30NO+. The van der Waals surface area contributed by atoms with Crippen LogP contribution in [0, 0.1) is 20.8 Å². The lowest BCUT2D eigenvalue weighted by Crippen LogP contribution is -2.35. The zero-order chi connectivity index (χ0) is 24.9. The molecule has 0 fully saturated rings. The van der Waals surface area contributed by atoms with Gasteiger partial charge >= 0.3 is 0 Å². The number of fused-ring (bicyclic) bond motifs is 8. The van der Waals surface area contributed by atoms with Gasteiger partial charge in [0.25, 0.3) is 0 Å². The molecule has 36 heavy (non-hydrogen) atoms. The summed E-state index contributed by atoms with van der Waals surface area (Å²) < 4.78 is 8.93. The quantitative estimate of drug-likeness (QED) is 0.221. The molecule has 0 atom stereocenters. The monoisotopic (exact) mass is 468 g/mol. The molecule has 1 aliphatic rings. The maximum absolute atomic E-state index is 6.59. The van der Waals surface area contributed by atoms with Gasteiger partial charge in [-0.3, -0.25) is 0 Å². The highest BCUT2D eigenvalue weighted by atomic mass is 16.3. The Bertz CT molecular complexity index is 1900. The minimum absolute atomic E-state index is 0.0641. The zero-order valence-electron chi connectivity index (χ0n) is 21.8. The summed E-state index contributed by atoms with van der Waals surface area (Å²) in [7, 11) is 2.19. The molecule has 176 valence electrons. The van der Waals surface area contributed by atoms with Gasteiger partial charge in [-0.1, -0.05) is 62.4 Å². The first-order valence-corrected chi connectivity index (χ1v) is 12.8. The number of pyridine rings is 1. The van der Waals surface area contributed by atoms with Gasteiger partial charge in [-0.05, 0) is 70.8 Å². The molecule has 2 heteroatoms. The molecule has 1 aliphatic carbocycles. The number of benzene rings is 4. The van der Waals surface area contributed by atoms with Crippen molar-refractivity contribution in [3.05, 3.63) is 101 Å². The Morgan fingerprint density at radius 3 is 2.31 bits per heavy atom. The van der Waals surface area contributed by atoms with Crippen molar-refractivity contribution in [3.8, 4) is 22.4 Å². The third-order valence-electron chi connectivity index (χ3n) is 8.66. The Kier molecular flexibility index (Phi) is 4.20. The molecule has 2 aromatic heterocycles. The van der Waals surface area contributed by atoms with Crippen LogP contribution in [0.15, 0.2) is 77.2 Å². The normalized spacial score (nSPS) is 14.1. The fourth-order valence-electron chi connectivity index (χ4n) is 6.61. The van der Waals surface area contributed by atoms with Crippen LogP contribution in [-0.2, 0) is 12.5 Å². The third-order valence-corrected chi connectivity index (χ3v) is 8.66. The van der Waals surface area contributed by atoms with E-state index in [9.17, 15) is 0 Å². The summed E-state index contributed by atoms with van der Waals surface area (Å²) in [5.41, 5.74) is 13.6. The van der Waals surface area contributed by atoms with Crippen molar-refractivity contribution in [2.75, 3.05) is 0 Å². The van der Waals surface area contributed by atoms with Crippen LogP contribution in [0.3, 0.4) is 0 Å². The maximum atomic E-state index is 6.59. The summed E-state index contributed by atoms with van der Waals surface area (Å²) in [4.78, 5) is 0. The number of nitrogens with zero attached hydrogens (tertiary/aromatic N) is 1. The number of aryl methyl sites for hydroxylation is 2. The first kappa shape index (κ1) is 21.4. The Morgan fingerprint density at radius 2 is 1.47 bits per heavy atom. The molecule has 2 nitrogen and oxygen atoms in total. The Hall–Kier alpha value is -3.91. The van der Waals surface area contributed by atoms with Gasteiger partial charge in [-0.2, -0.15) is 4.57 Å². The van der Waals surface area contributed by atoms with E-state index in [0.29, 0.717) is 0 Å². The average Bonchev–Trinajstić information content (AvgIpc) is 3.34. The lowest BCUT2D eigenvalue weighted by molar-refractivity contribution is -0.665. The van der Waals surface area contributed by atoms with Gasteiger partial charge in [0.05, 0.1) is 10.9 Å².